The van der Waals surface area contributed by atoms with E-state index < -0.39 is 5.91 Å². The Morgan fingerprint density at radius 2 is 2.00 bits per heavy atom. The van der Waals surface area contributed by atoms with Gasteiger partial charge in [0.25, 0.3) is 5.91 Å². The lowest BCUT2D eigenvalue weighted by atomic mass is 10.2. The van der Waals surface area contributed by atoms with E-state index in [1.165, 1.54) is 0 Å². The first-order valence-corrected chi connectivity index (χ1v) is 8.47. The van der Waals surface area contributed by atoms with Crippen molar-refractivity contribution in [3.8, 4) is 5.75 Å². The van der Waals surface area contributed by atoms with Crippen molar-refractivity contribution in [3.05, 3.63) is 58.3 Å². The van der Waals surface area contributed by atoms with Crippen molar-refractivity contribution in [2.75, 3.05) is 13.2 Å². The second-order valence-electron chi connectivity index (χ2n) is 5.09. The van der Waals surface area contributed by atoms with Crippen LogP contribution in [0.3, 0.4) is 0 Å². The van der Waals surface area contributed by atoms with Gasteiger partial charge in [0.2, 0.25) is 5.91 Å². The molecule has 0 saturated carbocycles. The van der Waals surface area contributed by atoms with E-state index in [0.717, 1.165) is 10.4 Å². The molecule has 0 aliphatic heterocycles. The fourth-order valence-corrected chi connectivity index (χ4v) is 2.76. The lowest BCUT2D eigenvalue weighted by molar-refractivity contribution is -0.126. The maximum atomic E-state index is 12.3. The van der Waals surface area contributed by atoms with Gasteiger partial charge in [-0.05, 0) is 42.1 Å². The number of amides is 2. The molecule has 0 aliphatic carbocycles. The molecule has 5 nitrogen and oxygen atoms in total. The van der Waals surface area contributed by atoms with Gasteiger partial charge in [-0.15, -0.1) is 11.3 Å². The zero-order valence-electron chi connectivity index (χ0n) is 13.5. The van der Waals surface area contributed by atoms with Gasteiger partial charge in [-0.3, -0.25) is 9.59 Å². The first-order chi connectivity index (χ1) is 11.6. The molecule has 0 fully saturated rings. The number of hydrogen-bond acceptors (Lipinski definition) is 4. The first-order valence-electron chi connectivity index (χ1n) is 7.59. The summed E-state index contributed by atoms with van der Waals surface area (Å²) in [6.45, 7) is 3.09. The third-order valence-electron chi connectivity index (χ3n) is 3.30. The molecule has 6 heteroatoms. The van der Waals surface area contributed by atoms with Gasteiger partial charge < -0.3 is 15.4 Å². The van der Waals surface area contributed by atoms with Gasteiger partial charge >= 0.3 is 0 Å². The molecule has 2 N–H and O–H groups in total. The van der Waals surface area contributed by atoms with Crippen molar-refractivity contribution in [1.29, 1.82) is 0 Å². The predicted molar refractivity (Wildman–Crippen MR) is 95.6 cm³/mol. The van der Waals surface area contributed by atoms with Crippen molar-refractivity contribution >= 4 is 29.2 Å². The largest absolute Gasteiger partial charge is 0.484 e. The molecular weight excluding hydrogens is 324 g/mol. The summed E-state index contributed by atoms with van der Waals surface area (Å²) in [5.74, 6) is 0.0140. The Balaban J connectivity index is 1.93. The summed E-state index contributed by atoms with van der Waals surface area (Å²) in [6.07, 6.45) is 3.33. The fraction of sp³-hybridized carbons (Fsp3) is 0.222. The van der Waals surface area contributed by atoms with Gasteiger partial charge in [-0.1, -0.05) is 18.2 Å². The van der Waals surface area contributed by atoms with Crippen LogP contribution in [0, 0.1) is 0 Å². The van der Waals surface area contributed by atoms with Crippen LogP contribution >= 0.6 is 11.3 Å². The summed E-state index contributed by atoms with van der Waals surface area (Å²) in [5, 5.41) is 2.01. The normalized spacial score (nSPS) is 10.7. The Kier molecular flexibility index (Phi) is 6.57. The molecule has 0 aliphatic rings. The van der Waals surface area contributed by atoms with Gasteiger partial charge in [0.05, 0.1) is 6.54 Å². The molecule has 2 rings (SSSR count). The number of nitrogens with two attached hydrogens (primary N) is 1. The third kappa shape index (κ3) is 5.55. The van der Waals surface area contributed by atoms with E-state index in [-0.39, 0.29) is 12.5 Å². The van der Waals surface area contributed by atoms with E-state index in [1.807, 2.05) is 36.6 Å². The van der Waals surface area contributed by atoms with Crippen LogP contribution in [0.2, 0.25) is 0 Å². The lowest BCUT2D eigenvalue weighted by Gasteiger charge is -2.18. The van der Waals surface area contributed by atoms with Gasteiger partial charge in [-0.2, -0.15) is 0 Å². The summed E-state index contributed by atoms with van der Waals surface area (Å²) in [5.41, 5.74) is 5.90. The van der Waals surface area contributed by atoms with Crippen LogP contribution in [0.4, 0.5) is 0 Å². The topological polar surface area (TPSA) is 72.6 Å². The van der Waals surface area contributed by atoms with Crippen LogP contribution < -0.4 is 10.5 Å². The molecule has 2 aromatic rings. The average molecular weight is 344 g/mol. The molecule has 0 unspecified atom stereocenters. The molecule has 24 heavy (non-hydrogen) atoms. The number of nitrogens with zero attached hydrogens (tertiary/aromatic N) is 1. The summed E-state index contributed by atoms with van der Waals surface area (Å²) in [7, 11) is 0. The average Bonchev–Trinajstić information content (AvgIpc) is 3.09. The SMILES string of the molecule is CCN(Cc1cccs1)C(=O)/C=C/c1ccc(OCC(N)=O)cc1. The molecule has 0 saturated heterocycles. The zero-order chi connectivity index (χ0) is 17.4. The number of rotatable bonds is 8. The van der Waals surface area contributed by atoms with Crippen molar-refractivity contribution in [1.82, 2.24) is 4.90 Å². The van der Waals surface area contributed by atoms with E-state index in [2.05, 4.69) is 0 Å². The summed E-state index contributed by atoms with van der Waals surface area (Å²) < 4.78 is 5.19. The number of primary amides is 1. The number of ether oxygens (including phenoxy) is 1. The van der Waals surface area contributed by atoms with Gasteiger partial charge in [0, 0.05) is 17.5 Å². The van der Waals surface area contributed by atoms with Gasteiger partial charge in [-0.25, -0.2) is 0 Å². The maximum Gasteiger partial charge on any atom is 0.255 e. The predicted octanol–water partition coefficient (Wildman–Crippen LogP) is 2.67. The van der Waals surface area contributed by atoms with E-state index in [0.29, 0.717) is 18.8 Å². The number of likely N-dealkylation sites (N-methyl/N-ethyl adjacent to an activating group) is 1. The molecule has 1 aromatic heterocycles. The highest BCUT2D eigenvalue weighted by molar-refractivity contribution is 7.09. The minimum atomic E-state index is -0.519. The smallest absolute Gasteiger partial charge is 0.255 e. The highest BCUT2D eigenvalue weighted by Gasteiger charge is 2.09. The van der Waals surface area contributed by atoms with Crippen molar-refractivity contribution < 1.29 is 14.3 Å². The fourth-order valence-electron chi connectivity index (χ4n) is 2.04. The number of benzene rings is 1. The monoisotopic (exact) mass is 344 g/mol. The summed E-state index contributed by atoms with van der Waals surface area (Å²) in [4.78, 5) is 25.9. The van der Waals surface area contributed by atoms with Crippen molar-refractivity contribution in [2.24, 2.45) is 5.73 Å². The molecule has 0 atom stereocenters. The lowest BCUT2D eigenvalue weighted by Crippen LogP contribution is -2.28. The molecule has 2 amide bonds. The highest BCUT2D eigenvalue weighted by Crippen LogP contribution is 2.14. The van der Waals surface area contributed by atoms with Crippen LogP contribution in [-0.2, 0) is 16.1 Å². The van der Waals surface area contributed by atoms with Crippen molar-refractivity contribution in [2.45, 2.75) is 13.5 Å². The molecule has 126 valence electrons. The van der Waals surface area contributed by atoms with Crippen LogP contribution in [0.5, 0.6) is 5.75 Å². The highest BCUT2D eigenvalue weighted by atomic mass is 32.1. The number of thiophene rings is 1. The van der Waals surface area contributed by atoms with Gasteiger partial charge in [0.15, 0.2) is 6.61 Å². The van der Waals surface area contributed by atoms with Crippen LogP contribution in [0.15, 0.2) is 47.9 Å². The number of hydrogen-bond donors (Lipinski definition) is 1. The molecule has 1 aromatic carbocycles. The van der Waals surface area contributed by atoms with Crippen molar-refractivity contribution in [3.63, 3.8) is 0 Å². The number of carbonyl (C=O) groups is 2. The second-order valence-corrected chi connectivity index (χ2v) is 6.12. The summed E-state index contributed by atoms with van der Waals surface area (Å²) >= 11 is 1.64. The molecule has 1 heterocycles. The number of carbonyl (C=O) groups excluding carboxylic acids is 2. The van der Waals surface area contributed by atoms with Crippen LogP contribution in [-0.4, -0.2) is 29.9 Å². The Morgan fingerprint density at radius 1 is 1.25 bits per heavy atom. The Bertz CT molecular complexity index is 694. The quantitative estimate of drug-likeness (QED) is 0.748. The minimum Gasteiger partial charge on any atom is -0.484 e. The van der Waals surface area contributed by atoms with Gasteiger partial charge in [0.1, 0.15) is 5.75 Å². The van der Waals surface area contributed by atoms with E-state index >= 15 is 0 Å². The Hall–Kier alpha value is -2.60. The van der Waals surface area contributed by atoms with E-state index in [4.69, 9.17) is 10.5 Å². The molecule has 0 radical (unpaired) electrons. The Labute approximate surface area is 145 Å². The molecule has 0 bridgehead atoms. The Morgan fingerprint density at radius 3 is 2.58 bits per heavy atom. The minimum absolute atomic E-state index is 0.0278. The third-order valence-corrected chi connectivity index (χ3v) is 4.16. The maximum absolute atomic E-state index is 12.3. The second kappa shape index (κ2) is 8.88. The molecular formula is C18H20N2O3S. The van der Waals surface area contributed by atoms with Crippen LogP contribution in [0.1, 0.15) is 17.4 Å². The van der Waals surface area contributed by atoms with Crippen LogP contribution in [0.25, 0.3) is 6.08 Å². The van der Waals surface area contributed by atoms with E-state index in [1.54, 1.807) is 40.5 Å². The standard InChI is InChI=1S/C18H20N2O3S/c1-2-20(12-16-4-3-11-24-16)18(22)10-7-14-5-8-15(9-6-14)23-13-17(19)21/h3-11H,2,12-13H2,1H3,(H2,19,21)/b10-7+. The first kappa shape index (κ1) is 17.7. The van der Waals surface area contributed by atoms with E-state index in [9.17, 15) is 9.59 Å². The summed E-state index contributed by atoms with van der Waals surface area (Å²) in [6, 6.07) is 11.1. The zero-order valence-corrected chi connectivity index (χ0v) is 14.3. The molecule has 0 spiro atoms.